The Morgan fingerprint density at radius 1 is 1.13 bits per heavy atom. The van der Waals surface area contributed by atoms with Crippen LogP contribution in [-0.2, 0) is 11.3 Å². The highest BCUT2D eigenvalue weighted by Gasteiger charge is 2.32. The number of ether oxygens (including phenoxy) is 1. The topological polar surface area (TPSA) is 60.3 Å². The van der Waals surface area contributed by atoms with Gasteiger partial charge in [0, 0.05) is 34.8 Å². The molecular formula is C21H19F3N2O3S. The van der Waals surface area contributed by atoms with Gasteiger partial charge in [-0.25, -0.2) is 0 Å². The molecule has 30 heavy (non-hydrogen) atoms. The van der Waals surface area contributed by atoms with E-state index >= 15 is 0 Å². The van der Waals surface area contributed by atoms with Gasteiger partial charge in [-0.2, -0.15) is 0 Å². The summed E-state index contributed by atoms with van der Waals surface area (Å²) in [6.07, 6.45) is -3.63. The maximum Gasteiger partial charge on any atom is 0.573 e. The summed E-state index contributed by atoms with van der Waals surface area (Å²) in [6, 6.07) is 13.0. The average Bonchev–Trinajstić information content (AvgIpc) is 2.68. The zero-order valence-electron chi connectivity index (χ0n) is 16.0. The molecule has 1 N–H and O–H groups in total. The van der Waals surface area contributed by atoms with Gasteiger partial charge in [0.2, 0.25) is 5.91 Å². The number of benzene rings is 2. The van der Waals surface area contributed by atoms with Crippen molar-refractivity contribution in [2.45, 2.75) is 24.7 Å². The quantitative estimate of drug-likeness (QED) is 0.447. The van der Waals surface area contributed by atoms with Crippen molar-refractivity contribution in [1.82, 2.24) is 9.88 Å². The first-order valence-corrected chi connectivity index (χ1v) is 10.1. The van der Waals surface area contributed by atoms with Gasteiger partial charge in [0.15, 0.2) is 11.2 Å². The number of amides is 1. The van der Waals surface area contributed by atoms with Crippen molar-refractivity contribution in [3.63, 3.8) is 0 Å². The SMILES string of the molecule is Cc1ccc(SCCNC(=O)Cn2ccc(=O)c3cccc(OC(F)(F)F)c32)cc1. The van der Waals surface area contributed by atoms with E-state index < -0.39 is 17.5 Å². The summed E-state index contributed by atoms with van der Waals surface area (Å²) in [5.41, 5.74) is 0.630. The van der Waals surface area contributed by atoms with Crippen molar-refractivity contribution >= 4 is 28.6 Å². The molecule has 1 heterocycles. The molecule has 0 unspecified atom stereocenters. The highest BCUT2D eigenvalue weighted by molar-refractivity contribution is 7.99. The van der Waals surface area contributed by atoms with Gasteiger partial charge < -0.3 is 14.6 Å². The highest BCUT2D eigenvalue weighted by Crippen LogP contribution is 2.29. The van der Waals surface area contributed by atoms with Crippen LogP contribution in [0.3, 0.4) is 0 Å². The molecule has 3 aromatic rings. The lowest BCUT2D eigenvalue weighted by Crippen LogP contribution is -2.30. The molecule has 0 bridgehead atoms. The maximum absolute atomic E-state index is 12.7. The van der Waals surface area contributed by atoms with Crippen molar-refractivity contribution in [2.24, 2.45) is 0 Å². The number of aromatic nitrogens is 1. The Kier molecular flexibility index (Phi) is 6.71. The molecule has 9 heteroatoms. The lowest BCUT2D eigenvalue weighted by atomic mass is 10.2. The summed E-state index contributed by atoms with van der Waals surface area (Å²) < 4.78 is 43.6. The second-order valence-electron chi connectivity index (χ2n) is 6.52. The number of halogens is 3. The van der Waals surface area contributed by atoms with E-state index in [0.29, 0.717) is 12.3 Å². The van der Waals surface area contributed by atoms with Crippen LogP contribution in [-0.4, -0.2) is 29.1 Å². The smallest absolute Gasteiger partial charge is 0.404 e. The standard InChI is InChI=1S/C21H19F3N2O3S/c1-14-5-7-15(8-6-14)30-12-10-25-19(28)13-26-11-9-17(27)16-3-2-4-18(20(16)26)29-21(22,23)24/h2-9,11H,10,12-13H2,1H3,(H,25,28). The number of carbonyl (C=O) groups is 1. The summed E-state index contributed by atoms with van der Waals surface area (Å²) in [5, 5.41) is 2.78. The van der Waals surface area contributed by atoms with E-state index in [1.165, 1.54) is 29.0 Å². The molecule has 1 aromatic heterocycles. The third kappa shape index (κ3) is 5.79. The van der Waals surface area contributed by atoms with Gasteiger partial charge in [-0.1, -0.05) is 23.8 Å². The van der Waals surface area contributed by atoms with Crippen LogP contribution in [0.5, 0.6) is 5.75 Å². The Hall–Kier alpha value is -2.94. The van der Waals surface area contributed by atoms with Crippen LogP contribution in [0.15, 0.2) is 64.4 Å². The number of rotatable bonds is 7. The van der Waals surface area contributed by atoms with Crippen LogP contribution in [0.1, 0.15) is 5.56 Å². The third-order valence-electron chi connectivity index (χ3n) is 4.21. The molecule has 0 atom stereocenters. The van der Waals surface area contributed by atoms with Crippen LogP contribution < -0.4 is 15.5 Å². The zero-order chi connectivity index (χ0) is 21.7. The molecule has 158 valence electrons. The number of para-hydroxylation sites is 1. The third-order valence-corrected chi connectivity index (χ3v) is 5.22. The second-order valence-corrected chi connectivity index (χ2v) is 7.69. The van der Waals surface area contributed by atoms with E-state index in [-0.39, 0.29) is 23.4 Å². The molecule has 3 rings (SSSR count). The van der Waals surface area contributed by atoms with E-state index in [1.54, 1.807) is 11.8 Å². The van der Waals surface area contributed by atoms with E-state index in [1.807, 2.05) is 31.2 Å². The molecule has 0 aliphatic rings. The summed E-state index contributed by atoms with van der Waals surface area (Å²) in [7, 11) is 0. The summed E-state index contributed by atoms with van der Waals surface area (Å²) in [5.74, 6) is -0.269. The first-order chi connectivity index (χ1) is 14.2. The number of fused-ring (bicyclic) bond motifs is 1. The average molecular weight is 436 g/mol. The molecule has 0 aliphatic carbocycles. The Labute approximate surface area is 174 Å². The normalized spacial score (nSPS) is 11.5. The van der Waals surface area contributed by atoms with Gasteiger partial charge in [0.25, 0.3) is 0 Å². The number of hydrogen-bond donors (Lipinski definition) is 1. The molecule has 2 aromatic carbocycles. The van der Waals surface area contributed by atoms with Gasteiger partial charge in [-0.3, -0.25) is 9.59 Å². The number of nitrogens with zero attached hydrogens (tertiary/aromatic N) is 1. The summed E-state index contributed by atoms with van der Waals surface area (Å²) >= 11 is 1.58. The first-order valence-electron chi connectivity index (χ1n) is 9.07. The van der Waals surface area contributed by atoms with E-state index in [9.17, 15) is 22.8 Å². The van der Waals surface area contributed by atoms with Gasteiger partial charge in [-0.15, -0.1) is 24.9 Å². The van der Waals surface area contributed by atoms with Gasteiger partial charge in [0.05, 0.1) is 5.52 Å². The van der Waals surface area contributed by atoms with E-state index in [0.717, 1.165) is 16.5 Å². The minimum atomic E-state index is -4.92. The van der Waals surface area contributed by atoms with E-state index in [2.05, 4.69) is 10.1 Å². The van der Waals surface area contributed by atoms with Gasteiger partial charge >= 0.3 is 6.36 Å². The summed E-state index contributed by atoms with van der Waals surface area (Å²) in [6.45, 7) is 2.15. The number of pyridine rings is 1. The molecule has 0 fully saturated rings. The fourth-order valence-electron chi connectivity index (χ4n) is 2.88. The number of carbonyl (C=O) groups excluding carboxylic acids is 1. The first kappa shape index (κ1) is 21.8. The van der Waals surface area contributed by atoms with Crippen molar-refractivity contribution in [2.75, 3.05) is 12.3 Å². The fourth-order valence-corrected chi connectivity index (χ4v) is 3.65. The van der Waals surface area contributed by atoms with Crippen molar-refractivity contribution in [3.8, 4) is 5.75 Å². The Bertz CT molecular complexity index is 1100. The van der Waals surface area contributed by atoms with Gasteiger partial charge in [-0.05, 0) is 31.2 Å². The number of thioether (sulfide) groups is 1. The minimum absolute atomic E-state index is 0.0435. The van der Waals surface area contributed by atoms with Crippen molar-refractivity contribution in [1.29, 1.82) is 0 Å². The second kappa shape index (κ2) is 9.25. The Morgan fingerprint density at radius 2 is 1.87 bits per heavy atom. The monoisotopic (exact) mass is 436 g/mol. The molecular weight excluding hydrogens is 417 g/mol. The highest BCUT2D eigenvalue weighted by atomic mass is 32.2. The summed E-state index contributed by atoms with van der Waals surface area (Å²) in [4.78, 5) is 25.4. The molecule has 5 nitrogen and oxygen atoms in total. The van der Waals surface area contributed by atoms with Crippen LogP contribution in [0.25, 0.3) is 10.9 Å². The molecule has 0 aliphatic heterocycles. The molecule has 0 saturated heterocycles. The fraction of sp³-hybridized carbons (Fsp3) is 0.238. The lowest BCUT2D eigenvalue weighted by molar-refractivity contribution is -0.274. The number of aryl methyl sites for hydroxylation is 1. The predicted molar refractivity (Wildman–Crippen MR) is 110 cm³/mol. The largest absolute Gasteiger partial charge is 0.573 e. The maximum atomic E-state index is 12.7. The van der Waals surface area contributed by atoms with Crippen LogP contribution in [0, 0.1) is 6.92 Å². The van der Waals surface area contributed by atoms with Gasteiger partial charge in [0.1, 0.15) is 6.54 Å². The lowest BCUT2D eigenvalue weighted by Gasteiger charge is -2.16. The van der Waals surface area contributed by atoms with E-state index in [4.69, 9.17) is 0 Å². The Balaban J connectivity index is 1.68. The molecule has 0 saturated carbocycles. The molecule has 0 spiro atoms. The predicted octanol–water partition coefficient (Wildman–Crippen LogP) is 4.12. The zero-order valence-corrected chi connectivity index (χ0v) is 16.8. The number of nitrogens with one attached hydrogen (secondary N) is 1. The van der Waals surface area contributed by atoms with Crippen molar-refractivity contribution < 1.29 is 22.7 Å². The molecule has 1 amide bonds. The number of hydrogen-bond acceptors (Lipinski definition) is 4. The van der Waals surface area contributed by atoms with Crippen molar-refractivity contribution in [3.05, 3.63) is 70.5 Å². The minimum Gasteiger partial charge on any atom is -0.404 e. The van der Waals surface area contributed by atoms with Crippen LogP contribution in [0.2, 0.25) is 0 Å². The number of alkyl halides is 3. The molecule has 0 radical (unpaired) electrons. The Morgan fingerprint density at radius 3 is 2.57 bits per heavy atom. The van der Waals surface area contributed by atoms with Crippen LogP contribution in [0.4, 0.5) is 13.2 Å². The van der Waals surface area contributed by atoms with Crippen LogP contribution >= 0.6 is 11.8 Å².